The van der Waals surface area contributed by atoms with E-state index in [2.05, 4.69) is 0 Å². The first-order valence-corrected chi connectivity index (χ1v) is 2.72. The molecule has 0 aromatic carbocycles. The van der Waals surface area contributed by atoms with Crippen LogP contribution in [-0.2, 0) is 9.59 Å². The van der Waals surface area contributed by atoms with E-state index in [4.69, 9.17) is 0 Å². The van der Waals surface area contributed by atoms with Crippen LogP contribution >= 0.6 is 0 Å². The summed E-state index contributed by atoms with van der Waals surface area (Å²) in [5.41, 5.74) is 0. The molecule has 0 saturated carbocycles. The molecule has 0 bridgehead atoms. The molecule has 2 nitrogen and oxygen atoms in total. The van der Waals surface area contributed by atoms with Gasteiger partial charge < -0.3 is 0 Å². The van der Waals surface area contributed by atoms with E-state index in [9.17, 15) is 35.9 Å². The Balaban J connectivity index is 0. The molecule has 0 aliphatic carbocycles. The fourth-order valence-corrected chi connectivity index (χ4v) is 0.389. The summed E-state index contributed by atoms with van der Waals surface area (Å²) in [5.74, 6) is -11.6. The minimum Gasteiger partial charge on any atom is -0.289 e. The van der Waals surface area contributed by atoms with Gasteiger partial charge in [0.15, 0.2) is 6.67 Å². The Morgan fingerprint density at radius 1 is 1.00 bits per heavy atom. The van der Waals surface area contributed by atoms with Gasteiger partial charge in [-0.05, 0) is 0 Å². The first-order chi connectivity index (χ1) is 5.64. The smallest absolute Gasteiger partial charge is 0.289 e. The summed E-state index contributed by atoms with van der Waals surface area (Å²) in [6.07, 6.45) is -5.85. The van der Waals surface area contributed by atoms with Crippen LogP contribution in [0.3, 0.4) is 0 Å². The van der Waals surface area contributed by atoms with Crippen molar-refractivity contribution in [1.82, 2.24) is 0 Å². The standard InChI is InChI=1S/C5H2F6O2.Yb/c6-1-2(12)4(7,8)3(13)5(9,10)11;/h1H2;. The molecule has 0 atom stereocenters. The molecule has 0 fully saturated rings. The molecule has 14 heavy (non-hydrogen) atoms. The molecular formula is C5H2F6O2Yb. The van der Waals surface area contributed by atoms with Gasteiger partial charge in [-0.1, -0.05) is 0 Å². The van der Waals surface area contributed by atoms with Gasteiger partial charge in [-0.25, -0.2) is 4.39 Å². The zero-order valence-electron chi connectivity index (χ0n) is 6.06. The van der Waals surface area contributed by atoms with Crippen LogP contribution in [0, 0.1) is 46.9 Å². The first kappa shape index (κ1) is 16.9. The van der Waals surface area contributed by atoms with E-state index in [1.807, 2.05) is 0 Å². The van der Waals surface area contributed by atoms with Crippen LogP contribution in [0.5, 0.6) is 0 Å². The van der Waals surface area contributed by atoms with Crippen LogP contribution in [0.2, 0.25) is 0 Å². The van der Waals surface area contributed by atoms with Gasteiger partial charge in [-0.15, -0.1) is 0 Å². The van der Waals surface area contributed by atoms with Crippen LogP contribution in [0.15, 0.2) is 0 Å². The van der Waals surface area contributed by atoms with Gasteiger partial charge in [0.1, 0.15) is 0 Å². The first-order valence-electron chi connectivity index (χ1n) is 2.72. The Kier molecular flexibility index (Phi) is 6.63. The molecule has 0 radical (unpaired) electrons. The van der Waals surface area contributed by atoms with Gasteiger partial charge in [0.25, 0.3) is 0 Å². The van der Waals surface area contributed by atoms with Gasteiger partial charge in [-0.3, -0.25) is 9.59 Å². The number of carbonyl (C=O) groups excluding carboxylic acids is 2. The Bertz CT molecular complexity index is 235. The maximum absolute atomic E-state index is 12.0. The summed E-state index contributed by atoms with van der Waals surface area (Å²) in [6.45, 7) is -2.32. The van der Waals surface area contributed by atoms with Gasteiger partial charge in [0.05, 0.1) is 0 Å². The van der Waals surface area contributed by atoms with Crippen LogP contribution in [0.25, 0.3) is 0 Å². The maximum atomic E-state index is 12.0. The van der Waals surface area contributed by atoms with E-state index in [1.165, 1.54) is 0 Å². The number of alkyl halides is 6. The average Bonchev–Trinajstić information content (AvgIpc) is 1.99. The van der Waals surface area contributed by atoms with Crippen LogP contribution in [0.1, 0.15) is 0 Å². The van der Waals surface area contributed by atoms with Crippen molar-refractivity contribution in [1.29, 1.82) is 0 Å². The third-order valence-electron chi connectivity index (χ3n) is 1.01. The SMILES string of the molecule is O=C(CF)C(F)(F)C(=O)C(F)(F)F.[Yb]. The molecule has 0 unspecified atom stereocenters. The molecule has 0 aliphatic heterocycles. The van der Waals surface area contributed by atoms with Crippen molar-refractivity contribution in [3.8, 4) is 0 Å². The molecule has 0 N–H and O–H groups in total. The Morgan fingerprint density at radius 2 is 1.36 bits per heavy atom. The Morgan fingerprint density at radius 3 is 1.57 bits per heavy atom. The van der Waals surface area contributed by atoms with E-state index in [0.717, 1.165) is 0 Å². The van der Waals surface area contributed by atoms with Crippen molar-refractivity contribution in [2.24, 2.45) is 0 Å². The molecule has 0 rings (SSSR count). The summed E-state index contributed by atoms with van der Waals surface area (Å²) in [5, 5.41) is 0. The number of hydrogen-bond donors (Lipinski definition) is 0. The molecular weight excluding hydrogens is 379 g/mol. The van der Waals surface area contributed by atoms with Crippen molar-refractivity contribution >= 4 is 11.6 Å². The molecule has 0 aromatic rings. The van der Waals surface area contributed by atoms with Gasteiger partial charge in [0, 0.05) is 46.9 Å². The number of hydrogen-bond acceptors (Lipinski definition) is 2. The summed E-state index contributed by atoms with van der Waals surface area (Å²) in [4.78, 5) is 19.7. The van der Waals surface area contributed by atoms with Crippen molar-refractivity contribution in [2.75, 3.05) is 6.67 Å². The quantitative estimate of drug-likeness (QED) is 0.546. The predicted molar refractivity (Wildman–Crippen MR) is 27.0 cm³/mol. The van der Waals surface area contributed by atoms with E-state index in [1.54, 1.807) is 0 Å². The van der Waals surface area contributed by atoms with Gasteiger partial charge in [-0.2, -0.15) is 22.0 Å². The minimum absolute atomic E-state index is 0. The maximum Gasteiger partial charge on any atom is 0.456 e. The zero-order valence-corrected chi connectivity index (χ0v) is 7.77. The van der Waals surface area contributed by atoms with Gasteiger partial charge >= 0.3 is 17.9 Å². The van der Waals surface area contributed by atoms with Crippen LogP contribution < -0.4 is 0 Å². The fourth-order valence-electron chi connectivity index (χ4n) is 0.389. The third-order valence-corrected chi connectivity index (χ3v) is 1.01. The monoisotopic (exact) mass is 382 g/mol. The normalized spacial score (nSPS) is 11.9. The third kappa shape index (κ3) is 3.90. The predicted octanol–water partition coefficient (Wildman–Crippen LogP) is 1.29. The van der Waals surface area contributed by atoms with Gasteiger partial charge in [0.2, 0.25) is 5.78 Å². The van der Waals surface area contributed by atoms with Crippen molar-refractivity contribution in [3.63, 3.8) is 0 Å². The number of Topliss-reactive ketones (excluding diaryl/α,β-unsaturated/α-hetero) is 2. The van der Waals surface area contributed by atoms with E-state index in [0.29, 0.717) is 0 Å². The molecule has 0 spiro atoms. The van der Waals surface area contributed by atoms with E-state index in [-0.39, 0.29) is 46.9 Å². The molecule has 0 aliphatic rings. The Labute approximate surface area is 112 Å². The summed E-state index contributed by atoms with van der Waals surface area (Å²) >= 11 is 0. The van der Waals surface area contributed by atoms with Crippen molar-refractivity contribution in [2.45, 2.75) is 12.1 Å². The summed E-state index contributed by atoms with van der Waals surface area (Å²) < 4.78 is 69.4. The summed E-state index contributed by atoms with van der Waals surface area (Å²) in [7, 11) is 0. The fraction of sp³-hybridized carbons (Fsp3) is 0.600. The largest absolute Gasteiger partial charge is 0.456 e. The zero-order chi connectivity index (χ0) is 10.9. The molecule has 9 heteroatoms. The number of ketones is 2. The second-order valence-corrected chi connectivity index (χ2v) is 1.96. The molecule has 90 valence electrons. The molecule has 0 aromatic heterocycles. The molecule has 0 amide bonds. The second kappa shape index (κ2) is 5.50. The van der Waals surface area contributed by atoms with Crippen LogP contribution in [-0.4, -0.2) is 30.3 Å². The average molecular weight is 381 g/mol. The molecule has 0 saturated heterocycles. The minimum atomic E-state index is -5.85. The second-order valence-electron chi connectivity index (χ2n) is 1.96. The topological polar surface area (TPSA) is 34.1 Å². The number of carbonyl (C=O) groups is 2. The van der Waals surface area contributed by atoms with Crippen molar-refractivity contribution in [3.05, 3.63) is 0 Å². The summed E-state index contributed by atoms with van der Waals surface area (Å²) in [6, 6.07) is 0. The molecule has 0 heterocycles. The Hall–Kier alpha value is 0.439. The number of halogens is 6. The van der Waals surface area contributed by atoms with Crippen molar-refractivity contribution < 1.29 is 82.9 Å². The number of rotatable bonds is 3. The van der Waals surface area contributed by atoms with Crippen LogP contribution in [0.4, 0.5) is 26.3 Å². The van der Waals surface area contributed by atoms with E-state index >= 15 is 0 Å². The van der Waals surface area contributed by atoms with E-state index < -0.39 is 30.3 Å².